The highest BCUT2D eigenvalue weighted by Gasteiger charge is 1.97. The first-order valence-electron chi connectivity index (χ1n) is 5.66. The highest BCUT2D eigenvalue weighted by Crippen LogP contribution is 2.19. The topological polar surface area (TPSA) is 0 Å². The minimum Gasteiger partial charge on any atom is -0.0998 e. The molecule has 0 bridgehead atoms. The van der Waals surface area contributed by atoms with Gasteiger partial charge in [0, 0.05) is 0 Å². The standard InChI is InChI=1S/C16H20/c1-5-15(12-14(4)11-13(2)3)16-9-7-6-8-10-16/h5-10,12H,2,11H2,1,3-4H3/b14-12+,15-5+. The van der Waals surface area contributed by atoms with Crippen LogP contribution in [-0.2, 0) is 0 Å². The van der Waals surface area contributed by atoms with E-state index in [2.05, 4.69) is 63.8 Å². The van der Waals surface area contributed by atoms with E-state index in [0.29, 0.717) is 0 Å². The molecule has 0 nitrogen and oxygen atoms in total. The predicted molar refractivity (Wildman–Crippen MR) is 73.3 cm³/mol. The Labute approximate surface area is 99.0 Å². The maximum atomic E-state index is 3.94. The van der Waals surface area contributed by atoms with Crippen molar-refractivity contribution >= 4 is 5.57 Å². The van der Waals surface area contributed by atoms with E-state index in [-0.39, 0.29) is 0 Å². The van der Waals surface area contributed by atoms with Crippen LogP contribution in [0, 0.1) is 0 Å². The Hall–Kier alpha value is -1.56. The molecule has 0 saturated heterocycles. The largest absolute Gasteiger partial charge is 0.0998 e. The molecule has 0 aliphatic heterocycles. The minimum atomic E-state index is 0.976. The van der Waals surface area contributed by atoms with Gasteiger partial charge in [-0.2, -0.15) is 0 Å². The summed E-state index contributed by atoms with van der Waals surface area (Å²) < 4.78 is 0. The monoisotopic (exact) mass is 212 g/mol. The van der Waals surface area contributed by atoms with Crippen LogP contribution < -0.4 is 0 Å². The van der Waals surface area contributed by atoms with Gasteiger partial charge in [0.1, 0.15) is 0 Å². The van der Waals surface area contributed by atoms with E-state index in [1.54, 1.807) is 0 Å². The van der Waals surface area contributed by atoms with Crippen LogP contribution in [-0.4, -0.2) is 0 Å². The second kappa shape index (κ2) is 6.12. The third-order valence-electron chi connectivity index (χ3n) is 2.40. The summed E-state index contributed by atoms with van der Waals surface area (Å²) >= 11 is 0. The number of rotatable bonds is 4. The maximum absolute atomic E-state index is 3.94. The summed E-state index contributed by atoms with van der Waals surface area (Å²) in [5.74, 6) is 0. The molecule has 0 aliphatic carbocycles. The smallest absolute Gasteiger partial charge is 0.0113 e. The fraction of sp³-hybridized carbons (Fsp3) is 0.250. The fourth-order valence-corrected chi connectivity index (χ4v) is 1.76. The molecule has 1 aromatic carbocycles. The quantitative estimate of drug-likeness (QED) is 0.486. The van der Waals surface area contributed by atoms with E-state index < -0.39 is 0 Å². The maximum Gasteiger partial charge on any atom is -0.0113 e. The molecule has 1 rings (SSSR count). The zero-order chi connectivity index (χ0) is 12.0. The average Bonchev–Trinajstić information content (AvgIpc) is 2.26. The molecule has 1 aromatic rings. The molecule has 84 valence electrons. The molecule has 16 heavy (non-hydrogen) atoms. The van der Waals surface area contributed by atoms with Gasteiger partial charge in [0.05, 0.1) is 0 Å². The van der Waals surface area contributed by atoms with Gasteiger partial charge in [0.2, 0.25) is 0 Å². The highest BCUT2D eigenvalue weighted by molar-refractivity contribution is 5.74. The Morgan fingerprint density at radius 2 is 1.81 bits per heavy atom. The summed E-state index contributed by atoms with van der Waals surface area (Å²) in [6.07, 6.45) is 5.37. The third-order valence-corrected chi connectivity index (χ3v) is 2.40. The van der Waals surface area contributed by atoms with Gasteiger partial charge in [0.15, 0.2) is 0 Å². The lowest BCUT2D eigenvalue weighted by molar-refractivity contribution is 1.12. The van der Waals surface area contributed by atoms with Crippen LogP contribution in [0.1, 0.15) is 32.8 Å². The van der Waals surface area contributed by atoms with Crippen LogP contribution in [0.15, 0.2) is 60.2 Å². The Bertz CT molecular complexity index is 405. The lowest BCUT2D eigenvalue weighted by atomic mass is 10.0. The van der Waals surface area contributed by atoms with Crippen LogP contribution in [0.3, 0.4) is 0 Å². The number of hydrogen-bond acceptors (Lipinski definition) is 0. The average molecular weight is 212 g/mol. The van der Waals surface area contributed by atoms with Crippen molar-refractivity contribution in [2.45, 2.75) is 27.2 Å². The van der Waals surface area contributed by atoms with Crippen molar-refractivity contribution in [1.29, 1.82) is 0 Å². The summed E-state index contributed by atoms with van der Waals surface area (Å²) in [6.45, 7) is 10.2. The lowest BCUT2D eigenvalue weighted by Gasteiger charge is -2.05. The van der Waals surface area contributed by atoms with E-state index in [1.165, 1.54) is 22.3 Å². The summed E-state index contributed by atoms with van der Waals surface area (Å²) in [7, 11) is 0. The van der Waals surface area contributed by atoms with Crippen molar-refractivity contribution in [2.75, 3.05) is 0 Å². The molecule has 0 heterocycles. The fourth-order valence-electron chi connectivity index (χ4n) is 1.76. The SMILES string of the molecule is C=C(C)C/C(C)=C/C(=C\C)c1ccccc1. The van der Waals surface area contributed by atoms with Gasteiger partial charge in [-0.15, -0.1) is 0 Å². The van der Waals surface area contributed by atoms with E-state index in [0.717, 1.165) is 6.42 Å². The molecule has 0 heteroatoms. The summed E-state index contributed by atoms with van der Waals surface area (Å²) in [6, 6.07) is 10.5. The molecule has 0 atom stereocenters. The van der Waals surface area contributed by atoms with Gasteiger partial charge in [-0.1, -0.05) is 60.2 Å². The van der Waals surface area contributed by atoms with Gasteiger partial charge < -0.3 is 0 Å². The van der Waals surface area contributed by atoms with Crippen LogP contribution in [0.25, 0.3) is 5.57 Å². The Morgan fingerprint density at radius 3 is 2.31 bits per heavy atom. The first-order chi connectivity index (χ1) is 7.63. The van der Waals surface area contributed by atoms with Crippen LogP contribution in [0.4, 0.5) is 0 Å². The van der Waals surface area contributed by atoms with E-state index in [9.17, 15) is 0 Å². The molecule has 0 radical (unpaired) electrons. The van der Waals surface area contributed by atoms with E-state index in [1.807, 2.05) is 6.07 Å². The van der Waals surface area contributed by atoms with Crippen LogP contribution >= 0.6 is 0 Å². The molecule has 0 aromatic heterocycles. The third kappa shape index (κ3) is 3.90. The number of allylic oxidation sites excluding steroid dienone is 5. The normalized spacial score (nSPS) is 12.7. The first kappa shape index (κ1) is 12.5. The van der Waals surface area contributed by atoms with Gasteiger partial charge >= 0.3 is 0 Å². The minimum absolute atomic E-state index is 0.976. The number of benzene rings is 1. The summed E-state index contributed by atoms with van der Waals surface area (Å²) in [5, 5.41) is 0. The highest BCUT2D eigenvalue weighted by atomic mass is 14.0. The summed E-state index contributed by atoms with van der Waals surface area (Å²) in [5.41, 5.74) is 5.10. The first-order valence-corrected chi connectivity index (χ1v) is 5.66. The zero-order valence-electron chi connectivity index (χ0n) is 10.5. The van der Waals surface area contributed by atoms with Crippen molar-refractivity contribution in [2.24, 2.45) is 0 Å². The Morgan fingerprint density at radius 1 is 1.19 bits per heavy atom. The Balaban J connectivity index is 2.90. The van der Waals surface area contributed by atoms with Gasteiger partial charge in [-0.05, 0) is 38.3 Å². The molecular formula is C16H20. The van der Waals surface area contributed by atoms with Crippen molar-refractivity contribution in [1.82, 2.24) is 0 Å². The molecular weight excluding hydrogens is 192 g/mol. The molecule has 0 aliphatic rings. The second-order valence-electron chi connectivity index (χ2n) is 4.23. The zero-order valence-corrected chi connectivity index (χ0v) is 10.5. The van der Waals surface area contributed by atoms with Crippen molar-refractivity contribution in [3.8, 4) is 0 Å². The predicted octanol–water partition coefficient (Wildman–Crippen LogP) is 5.00. The van der Waals surface area contributed by atoms with Crippen LogP contribution in [0.2, 0.25) is 0 Å². The van der Waals surface area contributed by atoms with E-state index in [4.69, 9.17) is 0 Å². The molecule has 0 N–H and O–H groups in total. The van der Waals surface area contributed by atoms with Crippen molar-refractivity contribution in [3.05, 3.63) is 65.8 Å². The molecule has 0 spiro atoms. The van der Waals surface area contributed by atoms with Crippen molar-refractivity contribution < 1.29 is 0 Å². The van der Waals surface area contributed by atoms with E-state index >= 15 is 0 Å². The van der Waals surface area contributed by atoms with Gasteiger partial charge in [-0.3, -0.25) is 0 Å². The summed E-state index contributed by atoms with van der Waals surface area (Å²) in [4.78, 5) is 0. The lowest BCUT2D eigenvalue weighted by Crippen LogP contribution is -1.83. The molecule has 0 unspecified atom stereocenters. The Kier molecular flexibility index (Phi) is 4.78. The number of hydrogen-bond donors (Lipinski definition) is 0. The second-order valence-corrected chi connectivity index (χ2v) is 4.23. The van der Waals surface area contributed by atoms with Crippen molar-refractivity contribution in [3.63, 3.8) is 0 Å². The van der Waals surface area contributed by atoms with Gasteiger partial charge in [0.25, 0.3) is 0 Å². The van der Waals surface area contributed by atoms with Gasteiger partial charge in [-0.25, -0.2) is 0 Å². The molecule has 0 amide bonds. The molecule has 0 saturated carbocycles. The van der Waals surface area contributed by atoms with Crippen LogP contribution in [0.5, 0.6) is 0 Å². The molecule has 0 fully saturated rings.